The van der Waals surface area contributed by atoms with Gasteiger partial charge in [-0.2, -0.15) is 0 Å². The minimum absolute atomic E-state index is 0. The second-order valence-corrected chi connectivity index (χ2v) is 3.57. The van der Waals surface area contributed by atoms with Crippen LogP contribution in [0.2, 0.25) is 0 Å². The highest BCUT2D eigenvalue weighted by Crippen LogP contribution is 1.92. The largest absolute Gasteiger partial charge is 0.370 e. The predicted octanol–water partition coefficient (Wildman–Crippen LogP) is 1.55. The molecule has 0 amide bonds. The Bertz CT molecular complexity index is 306. The lowest BCUT2D eigenvalue weighted by atomic mass is 10.4. The summed E-state index contributed by atoms with van der Waals surface area (Å²) in [5, 5.41) is 0. The van der Waals surface area contributed by atoms with Crippen molar-refractivity contribution < 1.29 is 0 Å². The standard InChI is InChI=1S/C11H21N5.HI/c1-3-16(4-2)11(12)14-6-5-8-15-9-7-13-10-15;/h7,9-10H,3-6,8H2,1-2H3,(H2,12,14);1H. The molecule has 0 radical (unpaired) electrons. The van der Waals surface area contributed by atoms with Crippen molar-refractivity contribution in [2.24, 2.45) is 10.7 Å². The molecule has 17 heavy (non-hydrogen) atoms. The highest BCUT2D eigenvalue weighted by Gasteiger charge is 2.00. The van der Waals surface area contributed by atoms with Crippen molar-refractivity contribution in [3.05, 3.63) is 18.7 Å². The summed E-state index contributed by atoms with van der Waals surface area (Å²) in [4.78, 5) is 10.4. The zero-order valence-electron chi connectivity index (χ0n) is 10.5. The first kappa shape index (κ1) is 16.2. The van der Waals surface area contributed by atoms with Crippen LogP contribution in [-0.4, -0.2) is 40.0 Å². The highest BCUT2D eigenvalue weighted by molar-refractivity contribution is 14.0. The van der Waals surface area contributed by atoms with Gasteiger partial charge in [0.25, 0.3) is 0 Å². The predicted molar refractivity (Wildman–Crippen MR) is 81.7 cm³/mol. The average Bonchev–Trinajstić information content (AvgIpc) is 2.79. The number of nitrogens with two attached hydrogens (primary N) is 1. The van der Waals surface area contributed by atoms with E-state index in [1.807, 2.05) is 17.1 Å². The smallest absolute Gasteiger partial charge is 0.191 e. The normalized spacial score (nSPS) is 11.1. The summed E-state index contributed by atoms with van der Waals surface area (Å²) in [5.41, 5.74) is 5.86. The van der Waals surface area contributed by atoms with Crippen molar-refractivity contribution in [2.75, 3.05) is 19.6 Å². The van der Waals surface area contributed by atoms with Gasteiger partial charge in [0.05, 0.1) is 6.33 Å². The molecule has 0 aromatic carbocycles. The van der Waals surface area contributed by atoms with Gasteiger partial charge < -0.3 is 15.2 Å². The quantitative estimate of drug-likeness (QED) is 0.366. The van der Waals surface area contributed by atoms with Gasteiger partial charge in [0.15, 0.2) is 5.96 Å². The first-order valence-corrected chi connectivity index (χ1v) is 5.78. The number of nitrogens with zero attached hydrogens (tertiary/aromatic N) is 4. The van der Waals surface area contributed by atoms with Gasteiger partial charge in [0.1, 0.15) is 0 Å². The summed E-state index contributed by atoms with van der Waals surface area (Å²) in [6, 6.07) is 0. The van der Waals surface area contributed by atoms with Crippen molar-refractivity contribution in [3.63, 3.8) is 0 Å². The summed E-state index contributed by atoms with van der Waals surface area (Å²) in [7, 11) is 0. The molecule has 0 spiro atoms. The maximum Gasteiger partial charge on any atom is 0.191 e. The number of aromatic nitrogens is 2. The molecule has 0 aliphatic rings. The average molecular weight is 351 g/mol. The molecule has 0 fully saturated rings. The number of imidazole rings is 1. The fourth-order valence-corrected chi connectivity index (χ4v) is 1.51. The first-order chi connectivity index (χ1) is 7.77. The maximum absolute atomic E-state index is 5.86. The van der Waals surface area contributed by atoms with E-state index in [4.69, 9.17) is 5.73 Å². The first-order valence-electron chi connectivity index (χ1n) is 5.78. The molecule has 2 N–H and O–H groups in total. The van der Waals surface area contributed by atoms with Crippen LogP contribution in [0.1, 0.15) is 20.3 Å². The van der Waals surface area contributed by atoms with Gasteiger partial charge in [-0.15, -0.1) is 24.0 Å². The number of aryl methyl sites for hydroxylation is 1. The zero-order chi connectivity index (χ0) is 11.8. The third-order valence-electron chi connectivity index (χ3n) is 2.49. The van der Waals surface area contributed by atoms with Crippen molar-refractivity contribution in [1.82, 2.24) is 14.5 Å². The SMILES string of the molecule is CCN(CC)C(N)=NCCCn1ccnc1.I. The van der Waals surface area contributed by atoms with E-state index in [2.05, 4.69) is 28.7 Å². The molecule has 5 nitrogen and oxygen atoms in total. The maximum atomic E-state index is 5.86. The van der Waals surface area contributed by atoms with E-state index in [1.54, 1.807) is 6.20 Å². The lowest BCUT2D eigenvalue weighted by molar-refractivity contribution is 0.457. The Morgan fingerprint density at radius 3 is 2.65 bits per heavy atom. The Balaban J connectivity index is 0.00000256. The summed E-state index contributed by atoms with van der Waals surface area (Å²) in [5.74, 6) is 0.649. The minimum atomic E-state index is 0. The fraction of sp³-hybridized carbons (Fsp3) is 0.636. The Morgan fingerprint density at radius 1 is 1.41 bits per heavy atom. The molecule has 0 atom stereocenters. The van der Waals surface area contributed by atoms with E-state index < -0.39 is 0 Å². The van der Waals surface area contributed by atoms with Crippen LogP contribution in [0.15, 0.2) is 23.7 Å². The number of hydrogen-bond acceptors (Lipinski definition) is 2. The molecule has 0 saturated carbocycles. The van der Waals surface area contributed by atoms with E-state index in [9.17, 15) is 0 Å². The zero-order valence-corrected chi connectivity index (χ0v) is 12.9. The molecule has 0 saturated heterocycles. The van der Waals surface area contributed by atoms with E-state index in [-0.39, 0.29) is 24.0 Å². The van der Waals surface area contributed by atoms with Gasteiger partial charge in [-0.1, -0.05) is 0 Å². The van der Waals surface area contributed by atoms with Crippen LogP contribution in [-0.2, 0) is 6.54 Å². The fourth-order valence-electron chi connectivity index (χ4n) is 1.51. The summed E-state index contributed by atoms with van der Waals surface area (Å²) < 4.78 is 2.04. The van der Waals surface area contributed by atoms with Crippen LogP contribution in [0.4, 0.5) is 0 Å². The van der Waals surface area contributed by atoms with Crippen LogP contribution < -0.4 is 5.73 Å². The number of halogens is 1. The number of rotatable bonds is 6. The summed E-state index contributed by atoms with van der Waals surface area (Å²) in [6.45, 7) is 7.69. The molecule has 0 unspecified atom stereocenters. The molecule has 1 aromatic rings. The van der Waals surface area contributed by atoms with Crippen LogP contribution in [0.3, 0.4) is 0 Å². The molecule has 0 aliphatic carbocycles. The Kier molecular flexibility index (Phi) is 8.83. The summed E-state index contributed by atoms with van der Waals surface area (Å²) >= 11 is 0. The minimum Gasteiger partial charge on any atom is -0.370 e. The van der Waals surface area contributed by atoms with Gasteiger partial charge in [0, 0.05) is 38.6 Å². The number of aliphatic imine (C=N–C) groups is 1. The molecule has 0 aliphatic heterocycles. The topological polar surface area (TPSA) is 59.4 Å². The van der Waals surface area contributed by atoms with Gasteiger partial charge in [0.2, 0.25) is 0 Å². The van der Waals surface area contributed by atoms with Gasteiger partial charge in [-0.05, 0) is 20.3 Å². The van der Waals surface area contributed by atoms with Crippen LogP contribution in [0.5, 0.6) is 0 Å². The monoisotopic (exact) mass is 351 g/mol. The van der Waals surface area contributed by atoms with Crippen molar-refractivity contribution in [2.45, 2.75) is 26.8 Å². The van der Waals surface area contributed by atoms with E-state index in [0.29, 0.717) is 5.96 Å². The van der Waals surface area contributed by atoms with Crippen molar-refractivity contribution >= 4 is 29.9 Å². The lowest BCUT2D eigenvalue weighted by Gasteiger charge is -2.19. The third-order valence-corrected chi connectivity index (χ3v) is 2.49. The molecular formula is C11H22IN5. The van der Waals surface area contributed by atoms with Crippen molar-refractivity contribution in [3.8, 4) is 0 Å². The van der Waals surface area contributed by atoms with Gasteiger partial charge in [-0.3, -0.25) is 4.99 Å². The Labute approximate surface area is 120 Å². The van der Waals surface area contributed by atoms with Crippen LogP contribution in [0.25, 0.3) is 0 Å². The second kappa shape index (κ2) is 9.26. The van der Waals surface area contributed by atoms with E-state index in [0.717, 1.165) is 32.6 Å². The molecule has 1 heterocycles. The number of hydrogen-bond donors (Lipinski definition) is 1. The van der Waals surface area contributed by atoms with Crippen molar-refractivity contribution in [1.29, 1.82) is 0 Å². The van der Waals surface area contributed by atoms with Crippen LogP contribution >= 0.6 is 24.0 Å². The highest BCUT2D eigenvalue weighted by atomic mass is 127. The Morgan fingerprint density at radius 2 is 2.12 bits per heavy atom. The number of guanidine groups is 1. The van der Waals surface area contributed by atoms with Crippen LogP contribution in [0, 0.1) is 0 Å². The summed E-state index contributed by atoms with van der Waals surface area (Å²) in [6.07, 6.45) is 6.54. The Hall–Kier alpha value is -0.790. The molecular weight excluding hydrogens is 329 g/mol. The molecule has 0 bridgehead atoms. The molecule has 1 aromatic heterocycles. The molecule has 98 valence electrons. The molecule has 6 heteroatoms. The van der Waals surface area contributed by atoms with Gasteiger partial charge in [-0.25, -0.2) is 4.98 Å². The molecule has 1 rings (SSSR count). The lowest BCUT2D eigenvalue weighted by Crippen LogP contribution is -2.37. The van der Waals surface area contributed by atoms with Gasteiger partial charge >= 0.3 is 0 Å². The van der Waals surface area contributed by atoms with E-state index >= 15 is 0 Å². The second-order valence-electron chi connectivity index (χ2n) is 3.57. The third kappa shape index (κ3) is 5.90. The van der Waals surface area contributed by atoms with E-state index in [1.165, 1.54) is 0 Å².